The van der Waals surface area contributed by atoms with Gasteiger partial charge in [0.25, 0.3) is 0 Å². The number of para-hydroxylation sites is 3. The minimum Gasteiger partial charge on any atom is -0.309 e. The highest BCUT2D eigenvalue weighted by Crippen LogP contribution is 2.58. The molecule has 50 heavy (non-hydrogen) atoms. The summed E-state index contributed by atoms with van der Waals surface area (Å²) in [5.74, 6) is 0. The monoisotopic (exact) mass is 640 g/mol. The molecule has 0 saturated carbocycles. The van der Waals surface area contributed by atoms with E-state index in [2.05, 4.69) is 201 Å². The molecule has 4 nitrogen and oxygen atoms in total. The Morgan fingerprint density at radius 2 is 0.980 bits per heavy atom. The van der Waals surface area contributed by atoms with Crippen LogP contribution in [0, 0.1) is 0 Å². The highest BCUT2D eigenvalue weighted by Gasteiger charge is 2.57. The van der Waals surface area contributed by atoms with Gasteiger partial charge in [-0.3, -0.25) is 5.01 Å². The average Bonchev–Trinajstić information content (AvgIpc) is 3.47. The van der Waals surface area contributed by atoms with E-state index < -0.39 is 0 Å². The summed E-state index contributed by atoms with van der Waals surface area (Å²) in [5, 5.41) is 10.1. The molecule has 3 atom stereocenters. The molecule has 1 fully saturated rings. The number of aromatic nitrogens is 2. The van der Waals surface area contributed by atoms with Crippen LogP contribution in [-0.2, 0) is 0 Å². The van der Waals surface area contributed by atoms with Crippen LogP contribution in [0.2, 0.25) is 0 Å². The van der Waals surface area contributed by atoms with Crippen molar-refractivity contribution in [2.24, 2.45) is 0 Å². The zero-order valence-electron chi connectivity index (χ0n) is 27.3. The molecule has 7 aromatic carbocycles. The van der Waals surface area contributed by atoms with Crippen molar-refractivity contribution in [3.05, 3.63) is 193 Å². The first-order valence-corrected chi connectivity index (χ1v) is 17.3. The van der Waals surface area contributed by atoms with Crippen LogP contribution in [-0.4, -0.2) is 19.2 Å². The first-order valence-electron chi connectivity index (χ1n) is 17.3. The van der Waals surface area contributed by atoms with Gasteiger partial charge >= 0.3 is 0 Å². The van der Waals surface area contributed by atoms with Crippen LogP contribution in [0.25, 0.3) is 66.1 Å². The Morgan fingerprint density at radius 3 is 1.76 bits per heavy atom. The lowest BCUT2D eigenvalue weighted by molar-refractivity contribution is 0.357. The van der Waals surface area contributed by atoms with Crippen molar-refractivity contribution in [3.8, 4) is 16.8 Å². The predicted molar refractivity (Wildman–Crippen MR) is 206 cm³/mol. The fourth-order valence-electron chi connectivity index (χ4n) is 8.40. The molecule has 2 aliphatic heterocycles. The fraction of sp³-hybridized carbons (Fsp3) is 0.0435. The molecule has 0 spiro atoms. The first-order chi connectivity index (χ1) is 24.8. The zero-order chi connectivity index (χ0) is 32.8. The molecule has 0 radical (unpaired) electrons. The molecular formula is C46H32N4. The number of benzene rings is 7. The molecule has 1 saturated heterocycles. The molecule has 2 aromatic heterocycles. The van der Waals surface area contributed by atoms with Gasteiger partial charge in [0.1, 0.15) is 0 Å². The molecular weight excluding hydrogens is 609 g/mol. The second-order valence-corrected chi connectivity index (χ2v) is 13.4. The fourth-order valence-corrected chi connectivity index (χ4v) is 8.40. The molecule has 4 heteroatoms. The zero-order valence-corrected chi connectivity index (χ0v) is 27.3. The lowest BCUT2D eigenvalue weighted by Crippen LogP contribution is -2.09. The van der Waals surface area contributed by atoms with Gasteiger partial charge < -0.3 is 9.13 Å². The minimum absolute atomic E-state index is 0.0596. The van der Waals surface area contributed by atoms with Crippen molar-refractivity contribution >= 4 is 49.3 Å². The highest BCUT2D eigenvalue weighted by atomic mass is 15.9. The molecule has 0 N–H and O–H groups in total. The maximum absolute atomic E-state index is 2.56. The van der Waals surface area contributed by atoms with Crippen molar-refractivity contribution in [2.45, 2.75) is 12.3 Å². The van der Waals surface area contributed by atoms with E-state index >= 15 is 0 Å². The van der Waals surface area contributed by atoms with Gasteiger partial charge in [-0.2, -0.15) is 5.01 Å². The predicted octanol–water partition coefficient (Wildman–Crippen LogP) is 11.3. The van der Waals surface area contributed by atoms with Gasteiger partial charge in [-0.1, -0.05) is 133 Å². The van der Waals surface area contributed by atoms with Crippen LogP contribution in [0.5, 0.6) is 0 Å². The maximum Gasteiger partial charge on any atom is 0.196 e. The van der Waals surface area contributed by atoms with Crippen LogP contribution >= 0.6 is 0 Å². The number of hydrazine groups is 1. The van der Waals surface area contributed by atoms with E-state index in [0.29, 0.717) is 0 Å². The summed E-state index contributed by atoms with van der Waals surface area (Å²) in [4.78, 5) is 0. The van der Waals surface area contributed by atoms with Gasteiger partial charge in [-0.05, 0) is 70.8 Å². The van der Waals surface area contributed by atoms with Crippen molar-refractivity contribution < 1.29 is 0 Å². The SMILES string of the molecule is C1=C(c2ccccc2)N2C(n3c4ccccc4c4ccc(-c5ccc6c(c5)c5ccccc5n6-c5ccccc5)cc43)N2C1c1ccccc1. The Morgan fingerprint density at radius 1 is 0.400 bits per heavy atom. The van der Waals surface area contributed by atoms with Gasteiger partial charge in [-0.25, -0.2) is 0 Å². The largest absolute Gasteiger partial charge is 0.309 e. The van der Waals surface area contributed by atoms with E-state index in [-0.39, 0.29) is 12.3 Å². The summed E-state index contributed by atoms with van der Waals surface area (Å²) >= 11 is 0. The third-order valence-corrected chi connectivity index (χ3v) is 10.7. The van der Waals surface area contributed by atoms with Crippen LogP contribution in [0.4, 0.5) is 0 Å². The van der Waals surface area contributed by atoms with Crippen molar-refractivity contribution in [1.29, 1.82) is 0 Å². The van der Waals surface area contributed by atoms with Crippen molar-refractivity contribution in [3.63, 3.8) is 0 Å². The van der Waals surface area contributed by atoms with E-state index in [1.807, 2.05) is 0 Å². The van der Waals surface area contributed by atoms with E-state index in [0.717, 1.165) is 0 Å². The summed E-state index contributed by atoms with van der Waals surface area (Å²) in [7, 11) is 0. The van der Waals surface area contributed by atoms with Gasteiger partial charge in [0, 0.05) is 27.2 Å². The number of nitrogens with zero attached hydrogens (tertiary/aromatic N) is 4. The summed E-state index contributed by atoms with van der Waals surface area (Å²) < 4.78 is 4.94. The van der Waals surface area contributed by atoms with Crippen LogP contribution in [0.1, 0.15) is 23.5 Å². The summed E-state index contributed by atoms with van der Waals surface area (Å²) in [5.41, 5.74) is 12.3. The molecule has 3 unspecified atom stereocenters. The van der Waals surface area contributed by atoms with Gasteiger partial charge in [-0.15, -0.1) is 0 Å². The third kappa shape index (κ3) is 3.97. The normalized spacial score (nSPS) is 18.3. The average molecular weight is 641 g/mol. The van der Waals surface area contributed by atoms with Crippen LogP contribution in [0.3, 0.4) is 0 Å². The number of hydrogen-bond acceptors (Lipinski definition) is 2. The quantitative estimate of drug-likeness (QED) is 0.174. The minimum atomic E-state index is 0.0596. The second kappa shape index (κ2) is 10.6. The Bertz CT molecular complexity index is 2780. The summed E-state index contributed by atoms with van der Waals surface area (Å²) in [6, 6.07) is 64.1. The maximum atomic E-state index is 2.56. The Balaban J connectivity index is 1.09. The molecule has 236 valence electrons. The van der Waals surface area contributed by atoms with E-state index in [1.165, 1.54) is 77.2 Å². The highest BCUT2D eigenvalue weighted by molar-refractivity contribution is 6.12. The second-order valence-electron chi connectivity index (χ2n) is 13.4. The van der Waals surface area contributed by atoms with Gasteiger partial charge in [0.2, 0.25) is 0 Å². The first kappa shape index (κ1) is 27.6. The number of hydrogen-bond donors (Lipinski definition) is 0. The lowest BCUT2D eigenvalue weighted by atomic mass is 10.0. The van der Waals surface area contributed by atoms with Crippen molar-refractivity contribution in [2.75, 3.05) is 0 Å². The molecule has 11 rings (SSSR count). The topological polar surface area (TPSA) is 15.9 Å². The van der Waals surface area contributed by atoms with Gasteiger partial charge in [0.15, 0.2) is 6.29 Å². The third-order valence-electron chi connectivity index (χ3n) is 10.7. The van der Waals surface area contributed by atoms with E-state index in [9.17, 15) is 0 Å². The molecule has 0 bridgehead atoms. The number of fused-ring (bicyclic) bond motifs is 7. The Kier molecular flexibility index (Phi) is 5.83. The van der Waals surface area contributed by atoms with Gasteiger partial charge in [0.05, 0.1) is 33.8 Å². The standard InChI is InChI=1S/C46H32N4/c1-4-14-31(15-5-1)43-30-44(32-16-6-2-7-17-32)50-46(49(43)50)48-41-23-13-10-20-36(41)38-26-24-34(29-45(38)48)33-25-27-42-39(28-33)37-21-11-12-22-40(37)47(42)35-18-8-3-9-19-35/h1-30,43,46H. The van der Waals surface area contributed by atoms with Crippen molar-refractivity contribution in [1.82, 2.24) is 19.2 Å². The molecule has 2 aliphatic rings. The summed E-state index contributed by atoms with van der Waals surface area (Å²) in [6.45, 7) is 0. The lowest BCUT2D eigenvalue weighted by Gasteiger charge is -2.14. The molecule has 0 amide bonds. The molecule has 4 heterocycles. The Hall–Kier alpha value is -6.36. The smallest absolute Gasteiger partial charge is 0.196 e. The number of rotatable bonds is 5. The van der Waals surface area contributed by atoms with E-state index in [4.69, 9.17) is 0 Å². The van der Waals surface area contributed by atoms with Crippen LogP contribution in [0.15, 0.2) is 182 Å². The summed E-state index contributed by atoms with van der Waals surface area (Å²) in [6.07, 6.45) is 2.48. The van der Waals surface area contributed by atoms with E-state index in [1.54, 1.807) is 0 Å². The van der Waals surface area contributed by atoms with Crippen LogP contribution < -0.4 is 0 Å². The molecule has 0 aliphatic carbocycles. The Labute approximate surface area is 289 Å². The molecule has 9 aromatic rings.